The number of hydrogen-bond acceptors (Lipinski definition) is 4. The predicted molar refractivity (Wildman–Crippen MR) is 84.4 cm³/mol. The summed E-state index contributed by atoms with van der Waals surface area (Å²) >= 11 is 0. The topological polar surface area (TPSA) is 78.8 Å². The third-order valence-electron chi connectivity index (χ3n) is 4.56. The molecule has 1 heterocycles. The Bertz CT molecular complexity index is 609. The van der Waals surface area contributed by atoms with Crippen LogP contribution in [0.2, 0.25) is 0 Å². The summed E-state index contributed by atoms with van der Waals surface area (Å²) in [6, 6.07) is 0. The molecule has 1 aromatic carbocycles. The standard InChI is InChI=1S/C17H25NO4/c1-9(19)8-18-16(21)17(5)7-6-13-12(4)14(20)10(2)11(3)15(13)22-17/h9,19-20H,6-8H2,1-5H3,(H,18,21). The molecule has 0 aromatic heterocycles. The Balaban J connectivity index is 2.33. The van der Waals surface area contributed by atoms with E-state index in [9.17, 15) is 15.0 Å². The molecule has 5 nitrogen and oxygen atoms in total. The van der Waals surface area contributed by atoms with Gasteiger partial charge in [0.05, 0.1) is 6.10 Å². The van der Waals surface area contributed by atoms with Crippen molar-refractivity contribution in [2.45, 2.75) is 59.2 Å². The van der Waals surface area contributed by atoms with Crippen LogP contribution in [-0.4, -0.2) is 34.4 Å². The fraction of sp³-hybridized carbons (Fsp3) is 0.588. The molecule has 0 spiro atoms. The molecule has 0 bridgehead atoms. The number of aliphatic hydroxyl groups is 1. The number of phenolic OH excluding ortho intramolecular Hbond substituents is 1. The molecule has 0 saturated heterocycles. The normalized spacial score (nSPS) is 21.7. The molecule has 2 unspecified atom stereocenters. The Labute approximate surface area is 131 Å². The van der Waals surface area contributed by atoms with Crippen molar-refractivity contribution in [3.63, 3.8) is 0 Å². The predicted octanol–water partition coefficient (Wildman–Crippen LogP) is 1.90. The molecule has 2 rings (SSSR count). The monoisotopic (exact) mass is 307 g/mol. The summed E-state index contributed by atoms with van der Waals surface area (Å²) in [5, 5.41) is 22.2. The van der Waals surface area contributed by atoms with E-state index in [0.29, 0.717) is 24.3 Å². The molecule has 1 aromatic rings. The van der Waals surface area contributed by atoms with E-state index in [1.807, 2.05) is 20.8 Å². The molecule has 0 fully saturated rings. The second kappa shape index (κ2) is 5.80. The lowest BCUT2D eigenvalue weighted by Crippen LogP contribution is -2.52. The first-order valence-electron chi connectivity index (χ1n) is 7.64. The number of fused-ring (bicyclic) bond motifs is 1. The molecule has 1 aliphatic heterocycles. The number of carbonyl (C=O) groups is 1. The van der Waals surface area contributed by atoms with E-state index in [4.69, 9.17) is 4.74 Å². The molecule has 0 radical (unpaired) electrons. The van der Waals surface area contributed by atoms with Crippen molar-refractivity contribution < 1.29 is 19.7 Å². The van der Waals surface area contributed by atoms with Gasteiger partial charge in [-0.3, -0.25) is 4.79 Å². The Morgan fingerprint density at radius 3 is 2.55 bits per heavy atom. The first-order chi connectivity index (χ1) is 10.2. The zero-order valence-corrected chi connectivity index (χ0v) is 13.9. The van der Waals surface area contributed by atoms with Crippen LogP contribution < -0.4 is 10.1 Å². The van der Waals surface area contributed by atoms with E-state index in [2.05, 4.69) is 5.32 Å². The Hall–Kier alpha value is -1.75. The van der Waals surface area contributed by atoms with Gasteiger partial charge in [0.15, 0.2) is 5.60 Å². The Morgan fingerprint density at radius 1 is 1.32 bits per heavy atom. The van der Waals surface area contributed by atoms with Crippen molar-refractivity contribution in [2.75, 3.05) is 6.54 Å². The summed E-state index contributed by atoms with van der Waals surface area (Å²) in [4.78, 5) is 12.4. The lowest BCUT2D eigenvalue weighted by molar-refractivity contribution is -0.137. The number of phenols is 1. The van der Waals surface area contributed by atoms with Gasteiger partial charge in [0.25, 0.3) is 5.91 Å². The highest BCUT2D eigenvalue weighted by Crippen LogP contribution is 2.43. The van der Waals surface area contributed by atoms with Gasteiger partial charge < -0.3 is 20.3 Å². The molecule has 5 heteroatoms. The minimum atomic E-state index is -0.956. The van der Waals surface area contributed by atoms with Crippen LogP contribution in [0.3, 0.4) is 0 Å². The van der Waals surface area contributed by atoms with Crippen molar-refractivity contribution in [2.24, 2.45) is 0 Å². The number of ether oxygens (including phenoxy) is 1. The van der Waals surface area contributed by atoms with Crippen molar-refractivity contribution >= 4 is 5.91 Å². The van der Waals surface area contributed by atoms with E-state index in [-0.39, 0.29) is 12.5 Å². The van der Waals surface area contributed by atoms with Crippen molar-refractivity contribution in [3.05, 3.63) is 22.3 Å². The maximum absolute atomic E-state index is 12.4. The average Bonchev–Trinajstić information content (AvgIpc) is 2.48. The number of nitrogens with one attached hydrogen (secondary N) is 1. The molecule has 3 N–H and O–H groups in total. The number of rotatable bonds is 3. The van der Waals surface area contributed by atoms with Crippen LogP contribution in [0.4, 0.5) is 0 Å². The molecule has 0 aliphatic carbocycles. The fourth-order valence-corrected chi connectivity index (χ4v) is 2.83. The largest absolute Gasteiger partial charge is 0.507 e. The summed E-state index contributed by atoms with van der Waals surface area (Å²) in [7, 11) is 0. The van der Waals surface area contributed by atoms with Crippen molar-refractivity contribution in [3.8, 4) is 11.5 Å². The van der Waals surface area contributed by atoms with E-state index >= 15 is 0 Å². The maximum atomic E-state index is 12.4. The summed E-state index contributed by atoms with van der Waals surface area (Å²) in [6.07, 6.45) is 0.620. The van der Waals surface area contributed by atoms with Gasteiger partial charge >= 0.3 is 0 Å². The fourth-order valence-electron chi connectivity index (χ4n) is 2.83. The molecule has 2 atom stereocenters. The smallest absolute Gasteiger partial charge is 0.264 e. The van der Waals surface area contributed by atoms with Crippen LogP contribution in [0.1, 0.15) is 42.5 Å². The minimum Gasteiger partial charge on any atom is -0.507 e. The number of aliphatic hydroxyl groups excluding tert-OH is 1. The first kappa shape index (κ1) is 16.6. The van der Waals surface area contributed by atoms with E-state index < -0.39 is 11.7 Å². The maximum Gasteiger partial charge on any atom is 0.264 e. The second-order valence-corrected chi connectivity index (χ2v) is 6.42. The quantitative estimate of drug-likeness (QED) is 0.797. The van der Waals surface area contributed by atoms with Gasteiger partial charge in [0.1, 0.15) is 11.5 Å². The number of aromatic hydroxyl groups is 1. The zero-order valence-electron chi connectivity index (χ0n) is 13.9. The van der Waals surface area contributed by atoms with Gasteiger partial charge in [0, 0.05) is 18.5 Å². The van der Waals surface area contributed by atoms with Gasteiger partial charge in [-0.05, 0) is 57.7 Å². The SMILES string of the molecule is Cc1c(C)c2c(c(C)c1O)CCC(C)(C(=O)NCC(C)O)O2. The summed E-state index contributed by atoms with van der Waals surface area (Å²) in [5.41, 5.74) is 2.49. The van der Waals surface area contributed by atoms with Gasteiger partial charge in [0.2, 0.25) is 0 Å². The van der Waals surface area contributed by atoms with Crippen LogP contribution in [0.25, 0.3) is 0 Å². The van der Waals surface area contributed by atoms with Crippen LogP contribution in [-0.2, 0) is 11.2 Å². The minimum absolute atomic E-state index is 0.206. The lowest BCUT2D eigenvalue weighted by atomic mass is 9.86. The van der Waals surface area contributed by atoms with Crippen LogP contribution in [0.15, 0.2) is 0 Å². The number of hydrogen-bond donors (Lipinski definition) is 3. The van der Waals surface area contributed by atoms with E-state index in [1.165, 1.54) is 0 Å². The summed E-state index contributed by atoms with van der Waals surface area (Å²) in [6.45, 7) is 9.22. The highest BCUT2D eigenvalue weighted by molar-refractivity contribution is 5.85. The van der Waals surface area contributed by atoms with Crippen molar-refractivity contribution in [1.29, 1.82) is 0 Å². The molecule has 1 amide bonds. The number of amides is 1. The Morgan fingerprint density at radius 2 is 1.95 bits per heavy atom. The van der Waals surface area contributed by atoms with Crippen LogP contribution in [0, 0.1) is 20.8 Å². The molecule has 122 valence electrons. The number of benzene rings is 1. The van der Waals surface area contributed by atoms with E-state index in [0.717, 1.165) is 22.3 Å². The van der Waals surface area contributed by atoms with Crippen LogP contribution >= 0.6 is 0 Å². The third-order valence-corrected chi connectivity index (χ3v) is 4.56. The zero-order chi connectivity index (χ0) is 16.7. The number of carbonyl (C=O) groups excluding carboxylic acids is 1. The summed E-state index contributed by atoms with van der Waals surface area (Å²) in [5.74, 6) is 0.789. The molecule has 1 aliphatic rings. The molecule has 0 saturated carbocycles. The molecular weight excluding hydrogens is 282 g/mol. The molecular formula is C17H25NO4. The van der Waals surface area contributed by atoms with E-state index in [1.54, 1.807) is 13.8 Å². The lowest BCUT2D eigenvalue weighted by Gasteiger charge is -2.36. The van der Waals surface area contributed by atoms with Crippen molar-refractivity contribution in [1.82, 2.24) is 5.32 Å². The highest BCUT2D eigenvalue weighted by Gasteiger charge is 2.40. The van der Waals surface area contributed by atoms with Gasteiger partial charge in [-0.25, -0.2) is 0 Å². The van der Waals surface area contributed by atoms with Crippen LogP contribution in [0.5, 0.6) is 11.5 Å². The average molecular weight is 307 g/mol. The van der Waals surface area contributed by atoms with Gasteiger partial charge in [-0.2, -0.15) is 0 Å². The third kappa shape index (κ3) is 2.77. The van der Waals surface area contributed by atoms with Gasteiger partial charge in [-0.15, -0.1) is 0 Å². The molecule has 22 heavy (non-hydrogen) atoms. The second-order valence-electron chi connectivity index (χ2n) is 6.42. The van der Waals surface area contributed by atoms with Gasteiger partial charge in [-0.1, -0.05) is 0 Å². The first-order valence-corrected chi connectivity index (χ1v) is 7.64. The highest BCUT2D eigenvalue weighted by atomic mass is 16.5. The summed E-state index contributed by atoms with van der Waals surface area (Å²) < 4.78 is 6.06. The Kier molecular flexibility index (Phi) is 4.38.